The van der Waals surface area contributed by atoms with E-state index in [1.165, 1.54) is 16.4 Å². The zero-order valence-corrected chi connectivity index (χ0v) is 19.4. The van der Waals surface area contributed by atoms with Gasteiger partial charge in [0.25, 0.3) is 5.69 Å². The van der Waals surface area contributed by atoms with Gasteiger partial charge in [-0.3, -0.25) is 14.9 Å². The fourth-order valence-corrected chi connectivity index (χ4v) is 5.83. The molecule has 0 aliphatic carbocycles. The number of amides is 1. The van der Waals surface area contributed by atoms with E-state index in [1.807, 2.05) is 0 Å². The van der Waals surface area contributed by atoms with Crippen molar-refractivity contribution < 1.29 is 27.0 Å². The van der Waals surface area contributed by atoms with Gasteiger partial charge in [-0.2, -0.15) is 4.31 Å². The molecular weight excluding hydrogens is 462 g/mol. The van der Waals surface area contributed by atoms with Crippen LogP contribution in [0.1, 0.15) is 29.9 Å². The van der Waals surface area contributed by atoms with E-state index in [4.69, 9.17) is 8.83 Å². The van der Waals surface area contributed by atoms with Crippen molar-refractivity contribution in [2.75, 3.05) is 13.1 Å². The Kier molecular flexibility index (Phi) is 6.85. The van der Waals surface area contributed by atoms with Gasteiger partial charge < -0.3 is 13.7 Å². The van der Waals surface area contributed by atoms with E-state index in [2.05, 4.69) is 0 Å². The second-order valence-electron chi connectivity index (χ2n) is 8.24. The molecular formula is C23H25N3O7S. The van der Waals surface area contributed by atoms with Crippen LogP contribution in [0.5, 0.6) is 0 Å². The third-order valence-corrected chi connectivity index (χ3v) is 8.01. The molecule has 1 saturated heterocycles. The molecule has 0 spiro atoms. The lowest BCUT2D eigenvalue weighted by Gasteiger charge is -2.33. The Hall–Kier alpha value is -3.44. The summed E-state index contributed by atoms with van der Waals surface area (Å²) >= 11 is 0. The molecule has 34 heavy (non-hydrogen) atoms. The third kappa shape index (κ3) is 5.05. The Labute approximate surface area is 197 Å². The average Bonchev–Trinajstić information content (AvgIpc) is 3.53. The molecule has 0 radical (unpaired) electrons. The van der Waals surface area contributed by atoms with E-state index in [0.717, 1.165) is 6.07 Å². The third-order valence-electron chi connectivity index (χ3n) is 5.97. The van der Waals surface area contributed by atoms with Gasteiger partial charge in [0.05, 0.1) is 35.4 Å². The number of sulfonamides is 1. The molecule has 10 nitrogen and oxygen atoms in total. The predicted molar refractivity (Wildman–Crippen MR) is 121 cm³/mol. The first-order valence-electron chi connectivity index (χ1n) is 10.8. The van der Waals surface area contributed by atoms with Crippen LogP contribution >= 0.6 is 0 Å². The molecule has 180 valence electrons. The smallest absolute Gasteiger partial charge is 0.270 e. The van der Waals surface area contributed by atoms with Gasteiger partial charge in [-0.05, 0) is 49.6 Å². The van der Waals surface area contributed by atoms with Gasteiger partial charge in [0.15, 0.2) is 0 Å². The van der Waals surface area contributed by atoms with Crippen molar-refractivity contribution in [1.82, 2.24) is 9.21 Å². The number of carbonyl (C=O) groups excluding carboxylic acids is 1. The number of carbonyl (C=O) groups is 1. The van der Waals surface area contributed by atoms with Crippen LogP contribution in [0.25, 0.3) is 0 Å². The van der Waals surface area contributed by atoms with E-state index >= 15 is 0 Å². The topological polar surface area (TPSA) is 127 Å². The summed E-state index contributed by atoms with van der Waals surface area (Å²) in [6.07, 6.45) is 3.78. The van der Waals surface area contributed by atoms with Gasteiger partial charge in [-0.25, -0.2) is 8.42 Å². The normalized spacial score (nSPS) is 15.3. The molecule has 1 aromatic carbocycles. The molecule has 1 fully saturated rings. The minimum Gasteiger partial charge on any atom is -0.467 e. The summed E-state index contributed by atoms with van der Waals surface area (Å²) in [5.74, 6) is 0.820. The van der Waals surface area contributed by atoms with E-state index in [9.17, 15) is 23.3 Å². The number of piperidine rings is 1. The van der Waals surface area contributed by atoms with Crippen molar-refractivity contribution in [1.29, 1.82) is 0 Å². The molecule has 4 rings (SSSR count). The van der Waals surface area contributed by atoms with Gasteiger partial charge >= 0.3 is 0 Å². The van der Waals surface area contributed by atoms with Crippen molar-refractivity contribution in [3.63, 3.8) is 0 Å². The van der Waals surface area contributed by atoms with E-state index in [0.29, 0.717) is 29.9 Å². The SMILES string of the molecule is Cc1ccc([N+](=O)[O-])cc1S(=O)(=O)N1CCC(C(=O)N(Cc2ccco2)Cc2ccco2)CC1. The summed E-state index contributed by atoms with van der Waals surface area (Å²) in [6, 6.07) is 10.9. The molecule has 0 saturated carbocycles. The Bertz CT molecular complexity index is 1210. The van der Waals surface area contributed by atoms with Gasteiger partial charge in [0.1, 0.15) is 11.5 Å². The van der Waals surface area contributed by atoms with Crippen molar-refractivity contribution in [2.24, 2.45) is 5.92 Å². The standard InChI is InChI=1S/C23H25N3O7S/c1-17-6-7-19(26(28)29)14-22(17)34(30,31)25-10-8-18(9-11-25)23(27)24(15-20-4-2-12-32-20)16-21-5-3-13-33-21/h2-7,12-14,18H,8-11,15-16H2,1H3. The van der Waals surface area contributed by atoms with Crippen LogP contribution in [0.4, 0.5) is 5.69 Å². The number of nitro benzene ring substituents is 1. The van der Waals surface area contributed by atoms with Crippen molar-refractivity contribution in [3.8, 4) is 0 Å². The number of non-ortho nitro benzene ring substituents is 1. The summed E-state index contributed by atoms with van der Waals surface area (Å²) in [6.45, 7) is 2.45. The second-order valence-corrected chi connectivity index (χ2v) is 10.1. The molecule has 2 aromatic heterocycles. The van der Waals surface area contributed by atoms with Gasteiger partial charge in [0, 0.05) is 31.1 Å². The highest BCUT2D eigenvalue weighted by Gasteiger charge is 2.35. The molecule has 0 unspecified atom stereocenters. The summed E-state index contributed by atoms with van der Waals surface area (Å²) in [5, 5.41) is 11.1. The van der Waals surface area contributed by atoms with E-state index in [-0.39, 0.29) is 48.6 Å². The molecule has 11 heteroatoms. The lowest BCUT2D eigenvalue weighted by molar-refractivity contribution is -0.385. The Morgan fingerprint density at radius 1 is 1.09 bits per heavy atom. The number of rotatable bonds is 8. The number of nitro groups is 1. The highest BCUT2D eigenvalue weighted by Crippen LogP contribution is 2.29. The predicted octanol–water partition coefficient (Wildman–Crippen LogP) is 3.72. The first-order chi connectivity index (χ1) is 16.3. The van der Waals surface area contributed by atoms with Crippen molar-refractivity contribution >= 4 is 21.6 Å². The minimum atomic E-state index is -3.93. The van der Waals surface area contributed by atoms with Gasteiger partial charge in [0.2, 0.25) is 15.9 Å². The van der Waals surface area contributed by atoms with Crippen LogP contribution in [-0.2, 0) is 27.9 Å². The monoisotopic (exact) mass is 487 g/mol. The van der Waals surface area contributed by atoms with Gasteiger partial charge in [-0.15, -0.1) is 0 Å². The molecule has 1 aliphatic rings. The van der Waals surface area contributed by atoms with Gasteiger partial charge in [-0.1, -0.05) is 6.07 Å². The fraction of sp³-hybridized carbons (Fsp3) is 0.348. The minimum absolute atomic E-state index is 0.0799. The zero-order chi connectivity index (χ0) is 24.3. The summed E-state index contributed by atoms with van der Waals surface area (Å²) in [5.41, 5.74) is 0.160. The molecule has 3 heterocycles. The molecule has 0 bridgehead atoms. The quantitative estimate of drug-likeness (QED) is 0.350. The van der Waals surface area contributed by atoms with E-state index in [1.54, 1.807) is 48.6 Å². The number of furan rings is 2. The van der Waals surface area contributed by atoms with Crippen LogP contribution in [0.3, 0.4) is 0 Å². The molecule has 1 amide bonds. The maximum atomic E-state index is 13.4. The first-order valence-corrected chi connectivity index (χ1v) is 12.3. The summed E-state index contributed by atoms with van der Waals surface area (Å²) in [7, 11) is -3.93. The second kappa shape index (κ2) is 9.82. The number of aryl methyl sites for hydroxylation is 1. The lowest BCUT2D eigenvalue weighted by Crippen LogP contribution is -2.44. The fourth-order valence-electron chi connectivity index (χ4n) is 4.11. The number of hydrogen-bond acceptors (Lipinski definition) is 7. The van der Waals surface area contributed by atoms with Crippen LogP contribution < -0.4 is 0 Å². The number of hydrogen-bond donors (Lipinski definition) is 0. The maximum Gasteiger partial charge on any atom is 0.270 e. The molecule has 1 aliphatic heterocycles. The van der Waals surface area contributed by atoms with Crippen LogP contribution in [0, 0.1) is 23.0 Å². The van der Waals surface area contributed by atoms with Crippen molar-refractivity contribution in [2.45, 2.75) is 37.8 Å². The summed E-state index contributed by atoms with van der Waals surface area (Å²) in [4.78, 5) is 25.4. The number of benzene rings is 1. The Morgan fingerprint density at radius 2 is 1.68 bits per heavy atom. The summed E-state index contributed by atoms with van der Waals surface area (Å²) < 4.78 is 38.5. The Balaban J connectivity index is 1.47. The van der Waals surface area contributed by atoms with Crippen LogP contribution in [0.15, 0.2) is 68.7 Å². The molecule has 3 aromatic rings. The van der Waals surface area contributed by atoms with Crippen LogP contribution in [-0.4, -0.2) is 41.5 Å². The van der Waals surface area contributed by atoms with Crippen molar-refractivity contribution in [3.05, 3.63) is 82.2 Å². The highest BCUT2D eigenvalue weighted by molar-refractivity contribution is 7.89. The first kappa shape index (κ1) is 23.7. The largest absolute Gasteiger partial charge is 0.467 e. The average molecular weight is 488 g/mol. The molecule has 0 N–H and O–H groups in total. The lowest BCUT2D eigenvalue weighted by atomic mass is 9.96. The highest BCUT2D eigenvalue weighted by atomic mass is 32.2. The number of nitrogens with zero attached hydrogens (tertiary/aromatic N) is 3. The maximum absolute atomic E-state index is 13.4. The molecule has 0 atom stereocenters. The zero-order valence-electron chi connectivity index (χ0n) is 18.6. The van der Waals surface area contributed by atoms with Crippen LogP contribution in [0.2, 0.25) is 0 Å². The Morgan fingerprint density at radius 3 is 2.18 bits per heavy atom. The van der Waals surface area contributed by atoms with E-state index < -0.39 is 14.9 Å².